The molecule has 2 atom stereocenters. The Labute approximate surface area is 69.8 Å². The monoisotopic (exact) mass is 170 g/mol. The maximum absolute atomic E-state index is 10.7. The van der Waals surface area contributed by atoms with Crippen LogP contribution in [0.1, 0.15) is 13.3 Å². The van der Waals surface area contributed by atoms with E-state index in [1.165, 1.54) is 6.08 Å². The molecule has 0 aromatic heterocycles. The Hall–Kier alpha value is -1.32. The summed E-state index contributed by atoms with van der Waals surface area (Å²) in [6.07, 6.45) is 2.35. The van der Waals surface area contributed by atoms with Crippen molar-refractivity contribution in [1.29, 1.82) is 0 Å². The van der Waals surface area contributed by atoms with E-state index in [4.69, 9.17) is 9.84 Å². The van der Waals surface area contributed by atoms with Crippen LogP contribution in [0.4, 0.5) is 0 Å². The van der Waals surface area contributed by atoms with E-state index in [0.29, 0.717) is 0 Å². The quantitative estimate of drug-likeness (QED) is 0.615. The molecule has 4 heteroatoms. The van der Waals surface area contributed by atoms with Crippen molar-refractivity contribution in [2.75, 3.05) is 0 Å². The summed E-state index contributed by atoms with van der Waals surface area (Å²) in [7, 11) is 0. The summed E-state index contributed by atoms with van der Waals surface area (Å²) < 4.78 is 4.80. The molecule has 1 aliphatic rings. The van der Waals surface area contributed by atoms with Crippen molar-refractivity contribution in [3.8, 4) is 0 Å². The zero-order chi connectivity index (χ0) is 9.14. The average Bonchev–Trinajstić information content (AvgIpc) is 1.96. The predicted molar refractivity (Wildman–Crippen MR) is 40.4 cm³/mol. The number of cyclic esters (lactones) is 1. The maximum Gasteiger partial charge on any atom is 0.330 e. The van der Waals surface area contributed by atoms with E-state index in [0.717, 1.165) is 0 Å². The zero-order valence-corrected chi connectivity index (χ0v) is 6.69. The molecule has 12 heavy (non-hydrogen) atoms. The van der Waals surface area contributed by atoms with Gasteiger partial charge in [0.15, 0.2) is 0 Å². The van der Waals surface area contributed by atoms with E-state index in [2.05, 4.69) is 0 Å². The van der Waals surface area contributed by atoms with Gasteiger partial charge in [0.1, 0.15) is 6.10 Å². The lowest BCUT2D eigenvalue weighted by molar-refractivity contribution is -0.151. The molecule has 0 saturated carbocycles. The van der Waals surface area contributed by atoms with Gasteiger partial charge in [0.25, 0.3) is 0 Å². The van der Waals surface area contributed by atoms with E-state index in [-0.39, 0.29) is 12.3 Å². The van der Waals surface area contributed by atoms with E-state index in [9.17, 15) is 9.59 Å². The summed E-state index contributed by atoms with van der Waals surface area (Å²) in [5.41, 5.74) is 0. The van der Waals surface area contributed by atoms with Crippen molar-refractivity contribution in [1.82, 2.24) is 0 Å². The molecule has 1 N–H and O–H groups in total. The number of hydrogen-bond acceptors (Lipinski definition) is 3. The lowest BCUT2D eigenvalue weighted by atomic mass is 9.99. The molecule has 0 spiro atoms. The number of esters is 1. The minimum Gasteiger partial charge on any atom is -0.481 e. The maximum atomic E-state index is 10.7. The van der Waals surface area contributed by atoms with Crippen molar-refractivity contribution >= 4 is 11.9 Å². The van der Waals surface area contributed by atoms with Gasteiger partial charge in [0.2, 0.25) is 0 Å². The molecule has 0 aromatic carbocycles. The highest BCUT2D eigenvalue weighted by molar-refractivity contribution is 5.83. The Morgan fingerprint density at radius 1 is 1.75 bits per heavy atom. The van der Waals surface area contributed by atoms with Gasteiger partial charge in [-0.15, -0.1) is 0 Å². The van der Waals surface area contributed by atoms with Crippen LogP contribution in [0.25, 0.3) is 0 Å². The first-order valence-electron chi connectivity index (χ1n) is 3.70. The molecule has 0 amide bonds. The van der Waals surface area contributed by atoms with E-state index >= 15 is 0 Å². The first kappa shape index (κ1) is 8.77. The fraction of sp³-hybridized carbons (Fsp3) is 0.500. The number of hydrogen-bond donors (Lipinski definition) is 1. The number of carboxylic acids is 1. The molecule has 1 aliphatic heterocycles. The molecule has 0 aliphatic carbocycles. The van der Waals surface area contributed by atoms with Crippen molar-refractivity contribution in [3.63, 3.8) is 0 Å². The van der Waals surface area contributed by atoms with Crippen LogP contribution in [0.15, 0.2) is 12.2 Å². The summed E-state index contributed by atoms with van der Waals surface area (Å²) in [5.74, 6) is -1.42. The van der Waals surface area contributed by atoms with Crippen LogP contribution in [0.2, 0.25) is 0 Å². The topological polar surface area (TPSA) is 63.6 Å². The Morgan fingerprint density at radius 2 is 2.42 bits per heavy atom. The highest BCUT2D eigenvalue weighted by Gasteiger charge is 2.25. The van der Waals surface area contributed by atoms with Crippen molar-refractivity contribution in [2.24, 2.45) is 5.92 Å². The molecule has 0 unspecified atom stereocenters. The Kier molecular flexibility index (Phi) is 2.47. The molecule has 4 nitrogen and oxygen atoms in total. The minimum atomic E-state index is -0.949. The van der Waals surface area contributed by atoms with Crippen LogP contribution in [-0.2, 0) is 14.3 Å². The largest absolute Gasteiger partial charge is 0.481 e. The number of rotatable bonds is 2. The highest BCUT2D eigenvalue weighted by Crippen LogP contribution is 2.17. The van der Waals surface area contributed by atoms with E-state index in [1.54, 1.807) is 6.08 Å². The first-order chi connectivity index (χ1) is 5.59. The van der Waals surface area contributed by atoms with Gasteiger partial charge in [-0.05, 0) is 0 Å². The highest BCUT2D eigenvalue weighted by atomic mass is 16.5. The Balaban J connectivity index is 2.59. The van der Waals surface area contributed by atoms with Crippen LogP contribution < -0.4 is 0 Å². The van der Waals surface area contributed by atoms with Crippen LogP contribution in [0, 0.1) is 5.92 Å². The van der Waals surface area contributed by atoms with Crippen LogP contribution in [0.5, 0.6) is 0 Å². The normalized spacial score (nSPS) is 28.2. The molecule has 1 rings (SSSR count). The molecule has 1 heterocycles. The first-order valence-corrected chi connectivity index (χ1v) is 3.70. The smallest absolute Gasteiger partial charge is 0.330 e. The lowest BCUT2D eigenvalue weighted by Crippen LogP contribution is -2.29. The third-order valence-electron chi connectivity index (χ3n) is 1.77. The van der Waals surface area contributed by atoms with Crippen molar-refractivity contribution < 1.29 is 19.4 Å². The molecule has 66 valence electrons. The van der Waals surface area contributed by atoms with Gasteiger partial charge in [0.05, 0.1) is 6.42 Å². The SMILES string of the molecule is C[C@@H]1C=CC(=O)O[C@H]1CC(=O)O. The minimum absolute atomic E-state index is 0.0150. The Bertz CT molecular complexity index is 231. The van der Waals surface area contributed by atoms with E-state index < -0.39 is 18.0 Å². The second-order valence-electron chi connectivity index (χ2n) is 2.79. The van der Waals surface area contributed by atoms with Gasteiger partial charge in [-0.3, -0.25) is 4.79 Å². The molecule has 0 bridgehead atoms. The predicted octanol–water partition coefficient (Wildman–Crippen LogP) is 0.579. The standard InChI is InChI=1S/C8H10O4/c1-5-2-3-8(11)12-6(5)4-7(9)10/h2-3,5-6H,4H2,1H3,(H,9,10)/t5-,6+/m1/s1. The third kappa shape index (κ3) is 2.08. The zero-order valence-electron chi connectivity index (χ0n) is 6.69. The summed E-state index contributed by atoms with van der Waals surface area (Å²) in [4.78, 5) is 21.0. The summed E-state index contributed by atoms with van der Waals surface area (Å²) in [6.45, 7) is 1.82. The van der Waals surface area contributed by atoms with Gasteiger partial charge in [-0.2, -0.15) is 0 Å². The molecule has 0 fully saturated rings. The van der Waals surface area contributed by atoms with Crippen molar-refractivity contribution in [3.05, 3.63) is 12.2 Å². The van der Waals surface area contributed by atoms with E-state index in [1.807, 2.05) is 6.92 Å². The van der Waals surface area contributed by atoms with Crippen LogP contribution in [0.3, 0.4) is 0 Å². The second-order valence-corrected chi connectivity index (χ2v) is 2.79. The van der Waals surface area contributed by atoms with Gasteiger partial charge < -0.3 is 9.84 Å². The number of carboxylic acid groups (broad SMARTS) is 1. The number of ether oxygens (including phenoxy) is 1. The lowest BCUT2D eigenvalue weighted by Gasteiger charge is -2.22. The van der Waals surface area contributed by atoms with Gasteiger partial charge in [-0.1, -0.05) is 13.0 Å². The molecule has 0 saturated heterocycles. The summed E-state index contributed by atoms with van der Waals surface area (Å²) >= 11 is 0. The number of carbonyl (C=O) groups is 2. The Morgan fingerprint density at radius 3 is 3.00 bits per heavy atom. The summed E-state index contributed by atoms with van der Waals surface area (Å²) in [6, 6.07) is 0. The average molecular weight is 170 g/mol. The van der Waals surface area contributed by atoms with Crippen LogP contribution >= 0.6 is 0 Å². The van der Waals surface area contributed by atoms with Gasteiger partial charge in [0, 0.05) is 12.0 Å². The fourth-order valence-electron chi connectivity index (χ4n) is 1.05. The van der Waals surface area contributed by atoms with Crippen molar-refractivity contribution in [2.45, 2.75) is 19.4 Å². The molecule has 0 aromatic rings. The van der Waals surface area contributed by atoms with Gasteiger partial charge >= 0.3 is 11.9 Å². The molecular formula is C8H10O4. The third-order valence-corrected chi connectivity index (χ3v) is 1.77. The molecule has 0 radical (unpaired) electrons. The molecular weight excluding hydrogens is 160 g/mol. The summed E-state index contributed by atoms with van der Waals surface area (Å²) in [5, 5.41) is 8.45. The second kappa shape index (κ2) is 3.38. The van der Waals surface area contributed by atoms with Crippen LogP contribution in [-0.4, -0.2) is 23.1 Å². The number of aliphatic carboxylic acids is 1. The van der Waals surface area contributed by atoms with Gasteiger partial charge in [-0.25, -0.2) is 4.79 Å². The number of carbonyl (C=O) groups excluding carboxylic acids is 1. The fourth-order valence-corrected chi connectivity index (χ4v) is 1.05.